The number of hydrogen-bond donors (Lipinski definition) is 1. The van der Waals surface area contributed by atoms with Crippen LogP contribution in [-0.4, -0.2) is 29.1 Å². The van der Waals surface area contributed by atoms with Crippen molar-refractivity contribution in [3.05, 3.63) is 96.1 Å². The number of rotatable bonds is 8. The first-order valence-corrected chi connectivity index (χ1v) is 22.5. The Bertz CT molecular complexity index is 1620. The van der Waals surface area contributed by atoms with Gasteiger partial charge in [-0.05, 0) is 12.8 Å². The first kappa shape index (κ1) is 37.6. The molecule has 237 valence electrons. The molecule has 4 aromatic rings. The van der Waals surface area contributed by atoms with Gasteiger partial charge in [0.05, 0.1) is 0 Å². The summed E-state index contributed by atoms with van der Waals surface area (Å²) in [5.74, 6) is 6.97. The van der Waals surface area contributed by atoms with Gasteiger partial charge < -0.3 is 5.11 Å². The van der Waals surface area contributed by atoms with E-state index in [9.17, 15) is 14.3 Å². The standard InChI is InChI=1S/C25H23FGeN.C13H24O2.Ir/c1-17-13-20(14-19-7-5-6-8-22(17)19)25-15-23(24(26)16-28-25)18-9-11-21(12-10-18)27(2,3)4;1-7-12(3,4)10(14)9-11(15)13(5,6)8-2;/h5-13,15-16H,1-4H3;9,14H,7-8H2,1-6H3;/q-1;;/b;10-9-;. The number of hydrogen-bond acceptors (Lipinski definition) is 3. The number of halogens is 1. The number of aromatic nitrogens is 1. The molecular weight excluding hydrogens is 786 g/mol. The largest absolute Gasteiger partial charge is 0 e. The Morgan fingerprint density at radius 1 is 0.955 bits per heavy atom. The zero-order chi connectivity index (χ0) is 32.2. The van der Waals surface area contributed by atoms with Crippen molar-refractivity contribution >= 4 is 34.2 Å². The molecule has 0 spiro atoms. The molecule has 6 heteroatoms. The fourth-order valence-corrected chi connectivity index (χ4v) is 6.82. The number of carbonyl (C=O) groups is 1. The van der Waals surface area contributed by atoms with Crippen molar-refractivity contribution in [1.29, 1.82) is 0 Å². The predicted octanol–water partition coefficient (Wildman–Crippen LogP) is 10.2. The third-order valence-electron chi connectivity index (χ3n) is 8.57. The minimum Gasteiger partial charge on any atom is 0 e. The fourth-order valence-electron chi connectivity index (χ4n) is 4.38. The Balaban J connectivity index is 0.000000363. The van der Waals surface area contributed by atoms with Crippen LogP contribution in [0.5, 0.6) is 0 Å². The molecule has 1 N–H and O–H groups in total. The van der Waals surface area contributed by atoms with Gasteiger partial charge in [0, 0.05) is 37.0 Å². The molecule has 0 aliphatic rings. The van der Waals surface area contributed by atoms with E-state index in [0.29, 0.717) is 5.56 Å². The van der Waals surface area contributed by atoms with E-state index in [1.807, 2.05) is 77.9 Å². The summed E-state index contributed by atoms with van der Waals surface area (Å²) in [6, 6.07) is 23.9. The van der Waals surface area contributed by atoms with Crippen LogP contribution in [0.4, 0.5) is 4.39 Å². The summed E-state index contributed by atoms with van der Waals surface area (Å²) in [4.78, 5) is 16.2. The molecule has 44 heavy (non-hydrogen) atoms. The number of aliphatic hydroxyl groups is 1. The summed E-state index contributed by atoms with van der Waals surface area (Å²) in [7, 11) is 0. The van der Waals surface area contributed by atoms with Crippen molar-refractivity contribution < 1.29 is 34.4 Å². The number of nitrogens with zero attached hydrogens (tertiary/aromatic N) is 1. The Labute approximate surface area is 280 Å². The molecule has 0 atom stereocenters. The van der Waals surface area contributed by atoms with Crippen LogP contribution >= 0.6 is 0 Å². The molecule has 0 amide bonds. The predicted molar refractivity (Wildman–Crippen MR) is 183 cm³/mol. The molecule has 0 saturated heterocycles. The second-order valence-corrected chi connectivity index (χ2v) is 24.3. The van der Waals surface area contributed by atoms with E-state index in [0.717, 1.165) is 35.0 Å². The maximum absolute atomic E-state index is 14.6. The Hall–Kier alpha value is -2.60. The van der Waals surface area contributed by atoms with E-state index in [4.69, 9.17) is 0 Å². The molecular formula is C38H47FGeIrNO2-. The average molecular weight is 834 g/mol. The van der Waals surface area contributed by atoms with Gasteiger partial charge in [0.1, 0.15) is 5.76 Å². The van der Waals surface area contributed by atoms with E-state index in [1.165, 1.54) is 27.6 Å². The number of allylic oxidation sites excluding steroid dienone is 2. The first-order valence-electron chi connectivity index (χ1n) is 15.1. The molecule has 3 nitrogen and oxygen atoms in total. The van der Waals surface area contributed by atoms with E-state index >= 15 is 0 Å². The van der Waals surface area contributed by atoms with Gasteiger partial charge in [-0.1, -0.05) is 47.6 Å². The second kappa shape index (κ2) is 15.1. The second-order valence-electron chi connectivity index (χ2n) is 13.7. The van der Waals surface area contributed by atoms with E-state index in [-0.39, 0.29) is 48.3 Å². The van der Waals surface area contributed by atoms with Crippen LogP contribution in [0.15, 0.2) is 78.7 Å². The molecule has 4 rings (SSSR count). The summed E-state index contributed by atoms with van der Waals surface area (Å²) in [6.07, 6.45) is 4.31. The van der Waals surface area contributed by atoms with Gasteiger partial charge in [0.2, 0.25) is 0 Å². The van der Waals surface area contributed by atoms with Gasteiger partial charge in [0.25, 0.3) is 0 Å². The van der Waals surface area contributed by atoms with Crippen LogP contribution in [0.1, 0.15) is 59.9 Å². The van der Waals surface area contributed by atoms with Crippen LogP contribution in [0.25, 0.3) is 33.2 Å². The smallest absolute Gasteiger partial charge is 0 e. The Morgan fingerprint density at radius 2 is 1.55 bits per heavy atom. The molecule has 0 aliphatic carbocycles. The van der Waals surface area contributed by atoms with Gasteiger partial charge >= 0.3 is 163 Å². The third-order valence-corrected chi connectivity index (χ3v) is 12.9. The fraction of sp³-hybridized carbons (Fsp3) is 0.368. The minimum absolute atomic E-state index is 0. The van der Waals surface area contributed by atoms with E-state index in [1.54, 1.807) is 0 Å². The van der Waals surface area contributed by atoms with Crippen molar-refractivity contribution in [1.82, 2.24) is 4.98 Å². The summed E-state index contributed by atoms with van der Waals surface area (Å²) >= 11 is -1.88. The molecule has 0 fully saturated rings. The third kappa shape index (κ3) is 9.22. The summed E-state index contributed by atoms with van der Waals surface area (Å²) in [5.41, 5.74) is 3.57. The van der Waals surface area contributed by atoms with Gasteiger partial charge in [-0.25, -0.2) is 0 Å². The van der Waals surface area contributed by atoms with Crippen LogP contribution in [0.3, 0.4) is 0 Å². The van der Waals surface area contributed by atoms with Crippen molar-refractivity contribution in [2.45, 2.75) is 78.6 Å². The molecule has 0 unspecified atom stereocenters. The van der Waals surface area contributed by atoms with Crippen molar-refractivity contribution in [2.24, 2.45) is 10.8 Å². The SMILES string of the molecule is CCC(C)(C)C(=O)/C=C(\O)C(C)(C)CC.Cc1cc(-c2cc(-c3cc[c]([Ge]([CH3])([CH3])[CH3])cc3)c(F)cn2)[c-]c2ccccc12.[Ir]. The van der Waals surface area contributed by atoms with Gasteiger partial charge in [-0.2, -0.15) is 0 Å². The number of pyridine rings is 1. The van der Waals surface area contributed by atoms with Crippen molar-refractivity contribution in [3.63, 3.8) is 0 Å². The molecule has 0 saturated carbocycles. The normalized spacial score (nSPS) is 12.3. The molecule has 1 aromatic heterocycles. The van der Waals surface area contributed by atoms with Gasteiger partial charge in [-0.3, -0.25) is 4.79 Å². The number of fused-ring (bicyclic) bond motifs is 1. The molecule has 0 bridgehead atoms. The van der Waals surface area contributed by atoms with E-state index < -0.39 is 13.3 Å². The maximum Gasteiger partial charge on any atom is 0 e. The number of ketones is 1. The number of benzene rings is 3. The summed E-state index contributed by atoms with van der Waals surface area (Å²) < 4.78 is 16.0. The van der Waals surface area contributed by atoms with Crippen LogP contribution in [0.2, 0.25) is 17.3 Å². The molecule has 1 heterocycles. The van der Waals surface area contributed by atoms with Crippen LogP contribution in [0, 0.1) is 29.6 Å². The first-order chi connectivity index (χ1) is 20.0. The van der Waals surface area contributed by atoms with Crippen LogP contribution < -0.4 is 4.40 Å². The Kier molecular flexibility index (Phi) is 12.9. The van der Waals surface area contributed by atoms with Crippen molar-refractivity contribution in [3.8, 4) is 22.4 Å². The van der Waals surface area contributed by atoms with Gasteiger partial charge in [-0.15, -0.1) is 0 Å². The van der Waals surface area contributed by atoms with Crippen LogP contribution in [-0.2, 0) is 24.9 Å². The maximum atomic E-state index is 14.6. The van der Waals surface area contributed by atoms with E-state index in [2.05, 4.69) is 59.5 Å². The van der Waals surface area contributed by atoms with Gasteiger partial charge in [0.15, 0.2) is 5.78 Å². The molecule has 3 aromatic carbocycles. The zero-order valence-electron chi connectivity index (χ0n) is 27.9. The Morgan fingerprint density at radius 3 is 2.11 bits per heavy atom. The van der Waals surface area contributed by atoms with Crippen molar-refractivity contribution in [2.75, 3.05) is 0 Å². The molecule has 0 aliphatic heterocycles. The summed E-state index contributed by atoms with van der Waals surface area (Å²) in [5, 5.41) is 12.1. The topological polar surface area (TPSA) is 50.2 Å². The number of aryl methyl sites for hydroxylation is 1. The zero-order valence-corrected chi connectivity index (χ0v) is 32.3. The summed E-state index contributed by atoms with van der Waals surface area (Å²) in [6.45, 7) is 13.7. The quantitative estimate of drug-likeness (QED) is 0.0833. The minimum atomic E-state index is -1.88. The number of carbonyl (C=O) groups excluding carboxylic acids is 1. The number of aliphatic hydroxyl groups excluding tert-OH is 1. The average Bonchev–Trinajstić information content (AvgIpc) is 2.97. The molecule has 1 radical (unpaired) electrons. The monoisotopic (exact) mass is 835 g/mol.